The van der Waals surface area contributed by atoms with Crippen molar-refractivity contribution >= 4 is 11.4 Å². The molecule has 0 spiro atoms. The Kier molecular flexibility index (Phi) is 7.24. The second kappa shape index (κ2) is 9.65. The maximum atomic E-state index is 13.7. The van der Waals surface area contributed by atoms with E-state index in [4.69, 9.17) is 4.74 Å². The third kappa shape index (κ3) is 5.20. The van der Waals surface area contributed by atoms with Gasteiger partial charge in [0.25, 0.3) is 5.69 Å². The molecule has 0 bridgehead atoms. The van der Waals surface area contributed by atoms with Gasteiger partial charge < -0.3 is 15.0 Å². The molecule has 0 aromatic heterocycles. The molecule has 1 heterocycles. The van der Waals surface area contributed by atoms with Crippen LogP contribution in [0.15, 0.2) is 12.1 Å². The van der Waals surface area contributed by atoms with Gasteiger partial charge in [-0.25, -0.2) is 4.39 Å². The number of ether oxygens (including phenoxy) is 1. The van der Waals surface area contributed by atoms with Crippen LogP contribution in [0, 0.1) is 22.9 Å². The molecule has 1 N–H and O–H groups in total. The SMILES string of the molecule is CCCO[C@H]1CC[C@@H](N2CCC(Nc3cc(C)c(F)cc3[N+](=O)[O-])CC2)CC1. The van der Waals surface area contributed by atoms with E-state index in [9.17, 15) is 14.5 Å². The molecule has 0 unspecified atom stereocenters. The van der Waals surface area contributed by atoms with E-state index in [1.807, 2.05) is 0 Å². The van der Waals surface area contributed by atoms with Crippen molar-refractivity contribution in [1.29, 1.82) is 0 Å². The zero-order valence-corrected chi connectivity index (χ0v) is 17.0. The highest BCUT2D eigenvalue weighted by atomic mass is 19.1. The topological polar surface area (TPSA) is 67.6 Å². The normalized spacial score (nSPS) is 24.2. The van der Waals surface area contributed by atoms with Crippen LogP contribution in [0.25, 0.3) is 0 Å². The van der Waals surface area contributed by atoms with E-state index in [1.165, 1.54) is 12.8 Å². The molecule has 1 aromatic rings. The van der Waals surface area contributed by atoms with E-state index in [1.54, 1.807) is 13.0 Å². The van der Waals surface area contributed by atoms with Gasteiger partial charge in [0.05, 0.1) is 17.1 Å². The van der Waals surface area contributed by atoms with Gasteiger partial charge in [0.2, 0.25) is 0 Å². The number of hydrogen-bond donors (Lipinski definition) is 1. The molecule has 2 fully saturated rings. The number of aryl methyl sites for hydroxylation is 1. The van der Waals surface area contributed by atoms with Gasteiger partial charge in [-0.15, -0.1) is 0 Å². The Hall–Kier alpha value is -1.73. The molecule has 1 aliphatic carbocycles. The summed E-state index contributed by atoms with van der Waals surface area (Å²) in [5.41, 5.74) is 0.666. The molecule has 1 aromatic carbocycles. The molecule has 0 radical (unpaired) electrons. The summed E-state index contributed by atoms with van der Waals surface area (Å²) < 4.78 is 19.6. The molecule has 0 atom stereocenters. The number of nitrogens with one attached hydrogen (secondary N) is 1. The fourth-order valence-electron chi connectivity index (χ4n) is 4.43. The van der Waals surface area contributed by atoms with Gasteiger partial charge in [0, 0.05) is 31.8 Å². The fourth-order valence-corrected chi connectivity index (χ4v) is 4.43. The number of hydrogen-bond acceptors (Lipinski definition) is 5. The summed E-state index contributed by atoms with van der Waals surface area (Å²) >= 11 is 0. The molecule has 28 heavy (non-hydrogen) atoms. The third-order valence-electron chi connectivity index (χ3n) is 6.08. The first kappa shape index (κ1) is 21.0. The van der Waals surface area contributed by atoms with Gasteiger partial charge in [0.1, 0.15) is 11.5 Å². The lowest BCUT2D eigenvalue weighted by Crippen LogP contribution is -2.46. The second-order valence-corrected chi connectivity index (χ2v) is 8.13. The van der Waals surface area contributed by atoms with E-state index in [2.05, 4.69) is 17.1 Å². The molecular formula is C21H32FN3O3. The first-order chi connectivity index (χ1) is 13.5. The molecule has 0 amide bonds. The summed E-state index contributed by atoms with van der Waals surface area (Å²) in [6.45, 7) is 6.63. The number of nitro benzene ring substituents is 1. The van der Waals surface area contributed by atoms with Crippen LogP contribution >= 0.6 is 0 Å². The van der Waals surface area contributed by atoms with Crippen molar-refractivity contribution in [1.82, 2.24) is 4.90 Å². The Morgan fingerprint density at radius 3 is 2.50 bits per heavy atom. The van der Waals surface area contributed by atoms with Crippen LogP contribution in [-0.2, 0) is 4.74 Å². The number of rotatable bonds is 7. The van der Waals surface area contributed by atoms with Gasteiger partial charge in [-0.05, 0) is 63.5 Å². The lowest BCUT2D eigenvalue weighted by molar-refractivity contribution is -0.384. The Morgan fingerprint density at radius 2 is 1.89 bits per heavy atom. The number of piperidine rings is 1. The molecular weight excluding hydrogens is 361 g/mol. The molecule has 1 saturated carbocycles. The van der Waals surface area contributed by atoms with Crippen molar-refractivity contribution in [3.05, 3.63) is 33.6 Å². The minimum absolute atomic E-state index is 0.184. The van der Waals surface area contributed by atoms with Crippen LogP contribution < -0.4 is 5.32 Å². The summed E-state index contributed by atoms with van der Waals surface area (Å²) in [7, 11) is 0. The molecule has 7 heteroatoms. The second-order valence-electron chi connectivity index (χ2n) is 8.13. The molecule has 1 saturated heterocycles. The lowest BCUT2D eigenvalue weighted by Gasteiger charge is -2.41. The van der Waals surface area contributed by atoms with Gasteiger partial charge in [-0.1, -0.05) is 6.92 Å². The van der Waals surface area contributed by atoms with Crippen LogP contribution in [-0.4, -0.2) is 47.7 Å². The number of likely N-dealkylation sites (tertiary alicyclic amines) is 1. The van der Waals surface area contributed by atoms with Crippen molar-refractivity contribution in [2.45, 2.75) is 77.0 Å². The van der Waals surface area contributed by atoms with Gasteiger partial charge in [-0.2, -0.15) is 0 Å². The van der Waals surface area contributed by atoms with E-state index < -0.39 is 10.7 Å². The molecule has 6 nitrogen and oxygen atoms in total. The summed E-state index contributed by atoms with van der Waals surface area (Å²) in [5, 5.41) is 14.6. The smallest absolute Gasteiger partial charge is 0.295 e. The third-order valence-corrected chi connectivity index (χ3v) is 6.08. The van der Waals surface area contributed by atoms with Gasteiger partial charge >= 0.3 is 0 Å². The average Bonchev–Trinajstić information content (AvgIpc) is 2.70. The maximum Gasteiger partial charge on any atom is 0.295 e. The highest BCUT2D eigenvalue weighted by Crippen LogP contribution is 2.31. The quantitative estimate of drug-likeness (QED) is 0.539. The fraction of sp³-hybridized carbons (Fsp3) is 0.714. The number of halogens is 1. The van der Waals surface area contributed by atoms with Crippen LogP contribution in [0.1, 0.15) is 57.4 Å². The molecule has 1 aliphatic heterocycles. The summed E-state index contributed by atoms with van der Waals surface area (Å²) in [6.07, 6.45) is 8.06. The Labute approximate surface area is 166 Å². The van der Waals surface area contributed by atoms with E-state index >= 15 is 0 Å². The lowest BCUT2D eigenvalue weighted by atomic mass is 9.90. The molecule has 3 rings (SSSR count). The number of anilines is 1. The Balaban J connectivity index is 1.50. The highest BCUT2D eigenvalue weighted by Gasteiger charge is 2.30. The van der Waals surface area contributed by atoms with Gasteiger partial charge in [0.15, 0.2) is 0 Å². The monoisotopic (exact) mass is 393 g/mol. The minimum Gasteiger partial charge on any atom is -0.378 e. The predicted molar refractivity (Wildman–Crippen MR) is 108 cm³/mol. The summed E-state index contributed by atoms with van der Waals surface area (Å²) in [4.78, 5) is 13.3. The maximum absolute atomic E-state index is 13.7. The summed E-state index contributed by atoms with van der Waals surface area (Å²) in [6, 6.07) is 3.39. The Bertz CT molecular complexity index is 669. The van der Waals surface area contributed by atoms with Crippen LogP contribution in [0.5, 0.6) is 0 Å². The average molecular weight is 394 g/mol. The first-order valence-corrected chi connectivity index (χ1v) is 10.5. The highest BCUT2D eigenvalue weighted by molar-refractivity contribution is 5.63. The van der Waals surface area contributed by atoms with Crippen molar-refractivity contribution in [2.75, 3.05) is 25.0 Å². The molecule has 2 aliphatic rings. The van der Waals surface area contributed by atoms with Crippen molar-refractivity contribution in [3.63, 3.8) is 0 Å². The van der Waals surface area contributed by atoms with Crippen molar-refractivity contribution in [3.8, 4) is 0 Å². The zero-order valence-electron chi connectivity index (χ0n) is 17.0. The van der Waals surface area contributed by atoms with Gasteiger partial charge in [-0.3, -0.25) is 10.1 Å². The van der Waals surface area contributed by atoms with Crippen LogP contribution in [0.2, 0.25) is 0 Å². The van der Waals surface area contributed by atoms with E-state index in [0.717, 1.165) is 57.9 Å². The minimum atomic E-state index is -0.536. The number of benzene rings is 1. The summed E-state index contributed by atoms with van der Waals surface area (Å²) in [5.74, 6) is -0.536. The van der Waals surface area contributed by atoms with Crippen molar-refractivity contribution < 1.29 is 14.1 Å². The number of nitrogens with zero attached hydrogens (tertiary/aromatic N) is 2. The largest absolute Gasteiger partial charge is 0.378 e. The Morgan fingerprint density at radius 1 is 1.21 bits per heavy atom. The van der Waals surface area contributed by atoms with E-state index in [0.29, 0.717) is 23.4 Å². The number of nitro groups is 1. The van der Waals surface area contributed by atoms with Crippen LogP contribution in [0.3, 0.4) is 0 Å². The standard InChI is InChI=1S/C21H32FN3O3/c1-3-12-28-18-6-4-17(5-7-18)24-10-8-16(9-11-24)23-20-13-15(2)19(22)14-21(20)25(26)27/h13-14,16-18,23H,3-12H2,1-2H3/t17-,18+. The predicted octanol–water partition coefficient (Wildman–Crippen LogP) is 4.66. The van der Waals surface area contributed by atoms with E-state index in [-0.39, 0.29) is 11.7 Å². The molecule has 156 valence electrons. The van der Waals surface area contributed by atoms with Crippen LogP contribution in [0.4, 0.5) is 15.8 Å². The zero-order chi connectivity index (χ0) is 20.1. The first-order valence-electron chi connectivity index (χ1n) is 10.5. The van der Waals surface area contributed by atoms with Crippen molar-refractivity contribution in [2.24, 2.45) is 0 Å².